The second-order valence-corrected chi connectivity index (χ2v) is 14.2. The molecule has 1 saturated heterocycles. The Hall–Kier alpha value is -1.60. The van der Waals surface area contributed by atoms with Gasteiger partial charge in [0.05, 0.1) is 17.8 Å². The van der Waals surface area contributed by atoms with E-state index in [9.17, 15) is 4.79 Å². The lowest BCUT2D eigenvalue weighted by Gasteiger charge is -2.51. The number of hydrogen-bond donors (Lipinski definition) is 0. The van der Waals surface area contributed by atoms with E-state index in [0.717, 1.165) is 29.9 Å². The third-order valence-corrected chi connectivity index (χ3v) is 9.61. The third kappa shape index (κ3) is 5.25. The van der Waals surface area contributed by atoms with Crippen LogP contribution in [0.4, 0.5) is 0 Å². The Morgan fingerprint density at radius 3 is 1.90 bits per heavy atom. The van der Waals surface area contributed by atoms with E-state index in [0.29, 0.717) is 18.6 Å². The van der Waals surface area contributed by atoms with Crippen LogP contribution >= 0.6 is 7.92 Å². The lowest BCUT2D eigenvalue weighted by atomic mass is 9.96. The molecule has 4 heteroatoms. The molecule has 0 N–H and O–H groups in total. The predicted octanol–water partition coefficient (Wildman–Crippen LogP) is 7.72. The van der Waals surface area contributed by atoms with E-state index >= 15 is 0 Å². The Bertz CT molecular complexity index is 841. The van der Waals surface area contributed by atoms with Crippen LogP contribution in [0, 0.1) is 0 Å². The van der Waals surface area contributed by atoms with E-state index in [1.165, 1.54) is 10.9 Å². The van der Waals surface area contributed by atoms with Crippen LogP contribution in [0.15, 0.2) is 35.7 Å². The molecule has 170 valence electrons. The first-order valence-electron chi connectivity index (χ1n) is 11.6. The van der Waals surface area contributed by atoms with Crippen molar-refractivity contribution in [2.24, 2.45) is 0 Å². The average molecular weight is 443 g/mol. The summed E-state index contributed by atoms with van der Waals surface area (Å²) in [5.74, 6) is 2.16. The largest absolute Gasteiger partial charge is 0.490 e. The fraction of sp³-hybridized carbons (Fsp3) is 0.593. The van der Waals surface area contributed by atoms with E-state index in [1.54, 1.807) is 0 Å². The number of Topliss-reactive ketones (excluding diaryl/α,β-unsaturated/α-hetero) is 1. The van der Waals surface area contributed by atoms with Crippen molar-refractivity contribution in [1.29, 1.82) is 0 Å². The van der Waals surface area contributed by atoms with Crippen molar-refractivity contribution >= 4 is 19.3 Å². The van der Waals surface area contributed by atoms with E-state index < -0.39 is 7.92 Å². The number of allylic oxidation sites excluding steroid dienone is 4. The van der Waals surface area contributed by atoms with Gasteiger partial charge in [-0.15, -0.1) is 0 Å². The molecule has 3 nitrogen and oxygen atoms in total. The number of ketones is 1. The van der Waals surface area contributed by atoms with Crippen LogP contribution < -0.4 is 9.47 Å². The minimum absolute atomic E-state index is 0.0210. The second-order valence-electron chi connectivity index (χ2n) is 10.6. The molecule has 1 aliphatic heterocycles. The Kier molecular flexibility index (Phi) is 7.06. The highest BCUT2D eigenvalue weighted by Crippen LogP contribution is 2.72. The molecule has 1 aliphatic carbocycles. The average Bonchev–Trinajstić information content (AvgIpc) is 2.59. The fourth-order valence-corrected chi connectivity index (χ4v) is 9.88. The molecule has 1 aromatic carbocycles. The highest BCUT2D eigenvalue weighted by Gasteiger charge is 2.49. The standard InChI is InChI=1S/C27H39O3P/c1-18(2)29-22-13-11-14-23(30-19(3)4)25(22)21-12-9-10-15-24(21)31-26(5,6)16-20(28)17-27(31,7)8/h9,11-14,18-19H,10,15-17H2,1-8H3. The maximum Gasteiger partial charge on any atom is 0.134 e. The zero-order chi connectivity index (χ0) is 23.0. The summed E-state index contributed by atoms with van der Waals surface area (Å²) in [6, 6.07) is 6.14. The molecule has 0 amide bonds. The van der Waals surface area contributed by atoms with Crippen LogP contribution in [0.3, 0.4) is 0 Å². The molecule has 1 fully saturated rings. The van der Waals surface area contributed by atoms with Gasteiger partial charge in [-0.05, 0) is 73.9 Å². The summed E-state index contributed by atoms with van der Waals surface area (Å²) >= 11 is 0. The molecule has 31 heavy (non-hydrogen) atoms. The highest BCUT2D eigenvalue weighted by molar-refractivity contribution is 7.65. The molecule has 0 atom stereocenters. The monoisotopic (exact) mass is 442 g/mol. The van der Waals surface area contributed by atoms with Crippen molar-refractivity contribution in [3.8, 4) is 11.5 Å². The number of carbonyl (C=O) groups excluding carboxylic acids is 1. The number of hydrogen-bond acceptors (Lipinski definition) is 3. The van der Waals surface area contributed by atoms with Crippen molar-refractivity contribution in [3.05, 3.63) is 41.2 Å². The van der Waals surface area contributed by atoms with Gasteiger partial charge in [0, 0.05) is 12.8 Å². The molecule has 0 bridgehead atoms. The van der Waals surface area contributed by atoms with Gasteiger partial charge in [-0.2, -0.15) is 0 Å². The van der Waals surface area contributed by atoms with Gasteiger partial charge in [0.25, 0.3) is 0 Å². The Morgan fingerprint density at radius 1 is 0.903 bits per heavy atom. The maximum absolute atomic E-state index is 12.6. The van der Waals surface area contributed by atoms with E-state index in [2.05, 4.69) is 79.7 Å². The second kappa shape index (κ2) is 9.10. The molecular weight excluding hydrogens is 403 g/mol. The third-order valence-electron chi connectivity index (χ3n) is 5.87. The Labute approximate surface area is 190 Å². The van der Waals surface area contributed by atoms with Crippen molar-refractivity contribution in [2.45, 2.75) is 104 Å². The van der Waals surface area contributed by atoms with Crippen molar-refractivity contribution in [2.75, 3.05) is 0 Å². The molecule has 2 aliphatic rings. The molecule has 0 saturated carbocycles. The first-order valence-corrected chi connectivity index (χ1v) is 12.9. The smallest absolute Gasteiger partial charge is 0.134 e. The zero-order valence-corrected chi connectivity index (χ0v) is 21.4. The topological polar surface area (TPSA) is 35.5 Å². The first-order chi connectivity index (χ1) is 14.4. The normalized spacial score (nSPS) is 21.2. The van der Waals surface area contributed by atoms with Gasteiger partial charge >= 0.3 is 0 Å². The Morgan fingerprint density at radius 2 is 1.42 bits per heavy atom. The molecule has 1 aromatic rings. The van der Waals surface area contributed by atoms with Gasteiger partial charge < -0.3 is 9.47 Å². The fourth-order valence-electron chi connectivity index (χ4n) is 5.33. The van der Waals surface area contributed by atoms with E-state index in [1.807, 2.05) is 6.07 Å². The summed E-state index contributed by atoms with van der Waals surface area (Å²) in [4.78, 5) is 12.6. The van der Waals surface area contributed by atoms with Gasteiger partial charge in [-0.25, -0.2) is 0 Å². The van der Waals surface area contributed by atoms with E-state index in [4.69, 9.17) is 9.47 Å². The molecule has 0 radical (unpaired) electrons. The van der Waals surface area contributed by atoms with Gasteiger partial charge in [0.1, 0.15) is 17.3 Å². The molecule has 0 unspecified atom stereocenters. The van der Waals surface area contributed by atoms with Crippen LogP contribution in [0.25, 0.3) is 5.57 Å². The summed E-state index contributed by atoms with van der Waals surface area (Å²) < 4.78 is 12.6. The molecule has 1 heterocycles. The van der Waals surface area contributed by atoms with Crippen molar-refractivity contribution in [1.82, 2.24) is 0 Å². The lowest BCUT2D eigenvalue weighted by Crippen LogP contribution is -2.40. The number of rotatable bonds is 6. The van der Waals surface area contributed by atoms with Crippen molar-refractivity contribution in [3.63, 3.8) is 0 Å². The SMILES string of the molecule is CC(C)Oc1cccc(OC(C)C)c1C1=C(P2C(C)(C)CC(=O)CC2(C)C)CCC=C1. The lowest BCUT2D eigenvalue weighted by molar-refractivity contribution is -0.120. The molecule has 3 rings (SSSR count). The summed E-state index contributed by atoms with van der Waals surface area (Å²) in [5.41, 5.74) is 2.32. The Balaban J connectivity index is 2.26. The van der Waals surface area contributed by atoms with Crippen LogP contribution in [0.2, 0.25) is 0 Å². The van der Waals surface area contributed by atoms with Gasteiger partial charge in [-0.1, -0.05) is 53.8 Å². The molecule has 0 spiro atoms. The summed E-state index contributed by atoms with van der Waals surface area (Å²) in [7, 11) is -0.535. The quantitative estimate of drug-likeness (QED) is 0.423. The minimum atomic E-state index is -0.535. The van der Waals surface area contributed by atoms with Gasteiger partial charge in [0.2, 0.25) is 0 Å². The molecular formula is C27H39O3P. The number of benzene rings is 1. The van der Waals surface area contributed by atoms with Crippen molar-refractivity contribution < 1.29 is 14.3 Å². The van der Waals surface area contributed by atoms with E-state index in [-0.39, 0.29) is 22.5 Å². The first kappa shape index (κ1) is 24.1. The van der Waals surface area contributed by atoms with Crippen LogP contribution in [-0.4, -0.2) is 28.3 Å². The summed E-state index contributed by atoms with van der Waals surface area (Å²) in [6.45, 7) is 17.4. The minimum Gasteiger partial charge on any atom is -0.490 e. The predicted molar refractivity (Wildman–Crippen MR) is 133 cm³/mol. The van der Waals surface area contributed by atoms with Crippen LogP contribution in [0.5, 0.6) is 11.5 Å². The van der Waals surface area contributed by atoms with Crippen LogP contribution in [0.1, 0.15) is 86.6 Å². The van der Waals surface area contributed by atoms with Gasteiger partial charge in [0.15, 0.2) is 0 Å². The maximum atomic E-state index is 12.6. The number of ether oxygens (including phenoxy) is 2. The zero-order valence-electron chi connectivity index (χ0n) is 20.5. The highest BCUT2D eigenvalue weighted by atomic mass is 31.1. The van der Waals surface area contributed by atoms with Gasteiger partial charge in [-0.3, -0.25) is 4.79 Å². The summed E-state index contributed by atoms with van der Waals surface area (Å²) in [5, 5.41) is 1.47. The number of carbonyl (C=O) groups is 1. The van der Waals surface area contributed by atoms with Crippen LogP contribution in [-0.2, 0) is 4.79 Å². The molecule has 0 aromatic heterocycles. The summed E-state index contributed by atoms with van der Waals surface area (Å²) in [6.07, 6.45) is 8.13.